The van der Waals surface area contributed by atoms with Crippen LogP contribution in [0.25, 0.3) is 10.2 Å². The third kappa shape index (κ3) is 3.24. The zero-order valence-corrected chi connectivity index (χ0v) is 12.3. The number of carbonyl (C=O) groups excluding carboxylic acids is 1. The number of thiophene rings is 1. The van der Waals surface area contributed by atoms with Crippen LogP contribution < -0.4 is 16.2 Å². The van der Waals surface area contributed by atoms with Crippen molar-refractivity contribution >= 4 is 43.2 Å². The predicted octanol–water partition coefficient (Wildman–Crippen LogP) is 0.205. The van der Waals surface area contributed by atoms with Crippen molar-refractivity contribution in [3.63, 3.8) is 0 Å². The Hall–Kier alpha value is -1.71. The van der Waals surface area contributed by atoms with Crippen LogP contribution in [-0.2, 0) is 10.0 Å². The first-order valence-corrected chi connectivity index (χ1v) is 8.25. The van der Waals surface area contributed by atoms with Gasteiger partial charge in [-0.2, -0.15) is 0 Å². The summed E-state index contributed by atoms with van der Waals surface area (Å²) < 4.78 is 21.6. The van der Waals surface area contributed by atoms with Gasteiger partial charge in [-0.15, -0.1) is 11.3 Å². The summed E-state index contributed by atoms with van der Waals surface area (Å²) in [4.78, 5) is 17.3. The average Bonchev–Trinajstić information content (AvgIpc) is 2.64. The number of carbonyl (C=O) groups is 1. The molecule has 0 spiro atoms. The number of nitrogens with zero attached hydrogens (tertiary/aromatic N) is 1. The number of hydrogen-bond acceptors (Lipinski definition) is 6. The lowest BCUT2D eigenvalue weighted by molar-refractivity contribution is 0.0961. The van der Waals surface area contributed by atoms with Gasteiger partial charge >= 0.3 is 0 Å². The monoisotopic (exact) mass is 314 g/mol. The van der Waals surface area contributed by atoms with Crippen molar-refractivity contribution in [3.8, 4) is 0 Å². The molecule has 2 aromatic heterocycles. The maximum Gasteiger partial charge on any atom is 0.263 e. The second kappa shape index (κ2) is 5.35. The van der Waals surface area contributed by atoms with E-state index in [1.165, 1.54) is 11.3 Å². The number of nitrogen functional groups attached to an aromatic ring is 1. The summed E-state index contributed by atoms with van der Waals surface area (Å²) in [6.07, 6.45) is 0. The molecule has 5 N–H and O–H groups in total. The highest BCUT2D eigenvalue weighted by molar-refractivity contribution is 7.89. The molecule has 0 fully saturated rings. The quantitative estimate of drug-likeness (QED) is 0.743. The molecule has 0 saturated carbocycles. The van der Waals surface area contributed by atoms with Crippen LogP contribution in [0, 0.1) is 6.92 Å². The molecule has 0 radical (unpaired) electrons. The number of fused-ring (bicyclic) bond motifs is 1. The summed E-state index contributed by atoms with van der Waals surface area (Å²) in [5, 5.41) is 8.05. The number of rotatable bonds is 4. The zero-order valence-electron chi connectivity index (χ0n) is 10.7. The van der Waals surface area contributed by atoms with Gasteiger partial charge in [0.1, 0.15) is 9.71 Å². The molecule has 2 heterocycles. The Balaban J connectivity index is 2.20. The van der Waals surface area contributed by atoms with Crippen LogP contribution in [0.15, 0.2) is 12.1 Å². The fourth-order valence-electron chi connectivity index (χ4n) is 1.65. The summed E-state index contributed by atoms with van der Waals surface area (Å²) in [5.74, 6) is -0.743. The normalized spacial score (nSPS) is 11.7. The van der Waals surface area contributed by atoms with Gasteiger partial charge in [-0.3, -0.25) is 4.79 Å². The Bertz CT molecular complexity index is 767. The van der Waals surface area contributed by atoms with E-state index in [2.05, 4.69) is 10.3 Å². The van der Waals surface area contributed by atoms with Gasteiger partial charge in [0, 0.05) is 17.6 Å². The van der Waals surface area contributed by atoms with Crippen LogP contribution in [0.5, 0.6) is 0 Å². The molecule has 20 heavy (non-hydrogen) atoms. The lowest BCUT2D eigenvalue weighted by Crippen LogP contribution is -2.31. The highest BCUT2D eigenvalue weighted by Gasteiger charge is 2.17. The lowest BCUT2D eigenvalue weighted by atomic mass is 10.2. The number of aromatic nitrogens is 1. The molecule has 0 aromatic carbocycles. The smallest absolute Gasteiger partial charge is 0.263 e. The molecule has 108 valence electrons. The van der Waals surface area contributed by atoms with E-state index < -0.39 is 15.9 Å². The number of aryl methyl sites for hydroxylation is 1. The van der Waals surface area contributed by atoms with Crippen LogP contribution >= 0.6 is 11.3 Å². The molecule has 0 saturated heterocycles. The predicted molar refractivity (Wildman–Crippen MR) is 79.1 cm³/mol. The number of primary sulfonamides is 1. The second-order valence-corrected chi connectivity index (χ2v) is 7.01. The maximum absolute atomic E-state index is 12.0. The van der Waals surface area contributed by atoms with Crippen molar-refractivity contribution in [2.45, 2.75) is 6.92 Å². The molecule has 7 nitrogen and oxygen atoms in total. The molecule has 0 unspecified atom stereocenters. The molecule has 9 heteroatoms. The van der Waals surface area contributed by atoms with Gasteiger partial charge in [-0.05, 0) is 19.1 Å². The second-order valence-electron chi connectivity index (χ2n) is 4.27. The number of amides is 1. The minimum atomic E-state index is -3.60. The number of nitrogens with two attached hydrogens (primary N) is 2. The summed E-state index contributed by atoms with van der Waals surface area (Å²) in [6.45, 7) is 1.79. The average molecular weight is 314 g/mol. The molecule has 0 aliphatic heterocycles. The molecular formula is C11H14N4O3S2. The van der Waals surface area contributed by atoms with Gasteiger partial charge < -0.3 is 11.1 Å². The van der Waals surface area contributed by atoms with Gasteiger partial charge in [0.25, 0.3) is 5.91 Å². The van der Waals surface area contributed by atoms with Crippen LogP contribution in [-0.4, -0.2) is 31.6 Å². The van der Waals surface area contributed by atoms with E-state index in [0.29, 0.717) is 15.4 Å². The van der Waals surface area contributed by atoms with Gasteiger partial charge in [-0.1, -0.05) is 0 Å². The molecule has 2 aromatic rings. The number of nitrogens with one attached hydrogen (secondary N) is 1. The van der Waals surface area contributed by atoms with Gasteiger partial charge in [-0.25, -0.2) is 18.5 Å². The van der Waals surface area contributed by atoms with Crippen LogP contribution in [0.1, 0.15) is 15.4 Å². The van der Waals surface area contributed by atoms with E-state index in [1.807, 2.05) is 19.1 Å². The van der Waals surface area contributed by atoms with Crippen molar-refractivity contribution in [3.05, 3.63) is 22.7 Å². The molecule has 1 amide bonds. The zero-order chi connectivity index (χ0) is 14.9. The first-order chi connectivity index (χ1) is 9.28. The highest BCUT2D eigenvalue weighted by atomic mass is 32.2. The van der Waals surface area contributed by atoms with Crippen LogP contribution in [0.3, 0.4) is 0 Å². The Labute approximate surface area is 120 Å². The standard InChI is InChI=1S/C11H14N4O3S2/c1-6-2-3-7-8(12)9(19-11(7)15-6)10(16)14-4-5-20(13,17)18/h2-3H,4-5,12H2,1H3,(H,14,16)(H2,13,17,18). The first-order valence-electron chi connectivity index (χ1n) is 5.72. The Morgan fingerprint density at radius 2 is 2.15 bits per heavy atom. The van der Waals surface area contributed by atoms with Gasteiger partial charge in [0.2, 0.25) is 10.0 Å². The Morgan fingerprint density at radius 3 is 2.80 bits per heavy atom. The number of pyridine rings is 1. The van der Waals surface area contributed by atoms with Crippen LogP contribution in [0.2, 0.25) is 0 Å². The van der Waals surface area contributed by atoms with Crippen molar-refractivity contribution < 1.29 is 13.2 Å². The number of sulfonamides is 1. The summed E-state index contributed by atoms with van der Waals surface area (Å²) in [5.41, 5.74) is 7.10. The van der Waals surface area contributed by atoms with Gasteiger partial charge in [0.05, 0.1) is 11.4 Å². The summed E-state index contributed by atoms with van der Waals surface area (Å²) in [7, 11) is -3.60. The lowest BCUT2D eigenvalue weighted by Gasteiger charge is -2.02. The fraction of sp³-hybridized carbons (Fsp3) is 0.273. The summed E-state index contributed by atoms with van der Waals surface area (Å²) >= 11 is 1.18. The van der Waals surface area contributed by atoms with E-state index in [4.69, 9.17) is 10.9 Å². The van der Waals surface area contributed by atoms with Crippen molar-refractivity contribution in [1.29, 1.82) is 0 Å². The summed E-state index contributed by atoms with van der Waals surface area (Å²) in [6, 6.07) is 3.62. The Morgan fingerprint density at radius 1 is 1.45 bits per heavy atom. The van der Waals surface area contributed by atoms with E-state index in [9.17, 15) is 13.2 Å². The molecule has 0 aliphatic carbocycles. The first kappa shape index (κ1) is 14.7. The van der Waals surface area contributed by atoms with Crippen molar-refractivity contribution in [1.82, 2.24) is 10.3 Å². The molecular weight excluding hydrogens is 300 g/mol. The number of anilines is 1. The molecule has 0 aliphatic rings. The Kier molecular flexibility index (Phi) is 3.93. The SMILES string of the molecule is Cc1ccc2c(N)c(C(=O)NCCS(N)(=O)=O)sc2n1. The van der Waals surface area contributed by atoms with Crippen molar-refractivity contribution in [2.24, 2.45) is 5.14 Å². The minimum Gasteiger partial charge on any atom is -0.397 e. The van der Waals surface area contributed by atoms with E-state index >= 15 is 0 Å². The molecule has 2 rings (SSSR count). The fourth-order valence-corrected chi connectivity index (χ4v) is 3.09. The molecule has 0 atom stereocenters. The third-order valence-corrected chi connectivity index (χ3v) is 4.50. The number of hydrogen-bond donors (Lipinski definition) is 3. The van der Waals surface area contributed by atoms with Crippen molar-refractivity contribution in [2.75, 3.05) is 18.0 Å². The van der Waals surface area contributed by atoms with E-state index in [-0.39, 0.29) is 12.3 Å². The largest absolute Gasteiger partial charge is 0.397 e. The third-order valence-electron chi connectivity index (χ3n) is 2.61. The van der Waals surface area contributed by atoms with E-state index in [0.717, 1.165) is 11.1 Å². The highest BCUT2D eigenvalue weighted by Crippen LogP contribution is 2.32. The minimum absolute atomic E-state index is 0.0577. The maximum atomic E-state index is 12.0. The van der Waals surface area contributed by atoms with Gasteiger partial charge in [0.15, 0.2) is 0 Å². The van der Waals surface area contributed by atoms with Crippen LogP contribution in [0.4, 0.5) is 5.69 Å². The molecule has 0 bridgehead atoms. The topological polar surface area (TPSA) is 128 Å². The van der Waals surface area contributed by atoms with E-state index in [1.54, 1.807) is 0 Å².